The molecule has 3 heterocycles. The first-order valence-electron chi connectivity index (χ1n) is 8.23. The first kappa shape index (κ1) is 16.1. The molecule has 4 rings (SSSR count). The van der Waals surface area contributed by atoms with Gasteiger partial charge < -0.3 is 0 Å². The highest BCUT2D eigenvalue weighted by molar-refractivity contribution is 5.52. The average Bonchev–Trinajstić information content (AvgIpc) is 2.96. The number of pyridine rings is 2. The topological polar surface area (TPSA) is 54.9 Å². The number of imidazole rings is 1. The van der Waals surface area contributed by atoms with Gasteiger partial charge in [-0.15, -0.1) is 10.2 Å². The third-order valence-electron chi connectivity index (χ3n) is 4.08. The van der Waals surface area contributed by atoms with Crippen molar-refractivity contribution in [3.05, 3.63) is 89.8 Å². The molecule has 0 unspecified atom stereocenters. The van der Waals surface area contributed by atoms with E-state index in [0.717, 1.165) is 12.1 Å². The molecule has 0 aliphatic heterocycles. The second-order valence-electron chi connectivity index (χ2n) is 6.00. The lowest BCUT2D eigenvalue weighted by atomic mass is 10.1. The van der Waals surface area contributed by atoms with Crippen molar-refractivity contribution in [2.75, 3.05) is 0 Å². The van der Waals surface area contributed by atoms with E-state index in [2.05, 4.69) is 20.2 Å². The van der Waals surface area contributed by atoms with Crippen LogP contribution < -0.4 is 0 Å². The number of rotatable bonds is 4. The van der Waals surface area contributed by atoms with Crippen LogP contribution in [-0.4, -0.2) is 14.4 Å². The van der Waals surface area contributed by atoms with E-state index in [1.165, 1.54) is 23.4 Å². The van der Waals surface area contributed by atoms with E-state index in [1.807, 2.05) is 43.3 Å². The summed E-state index contributed by atoms with van der Waals surface area (Å²) in [6.07, 6.45) is 5.78. The zero-order valence-electron chi connectivity index (χ0n) is 14.2. The highest BCUT2D eigenvalue weighted by Crippen LogP contribution is 2.24. The molecule has 0 saturated heterocycles. The van der Waals surface area contributed by atoms with Crippen LogP contribution in [0.2, 0.25) is 0 Å². The minimum Gasteiger partial charge on any atom is -0.280 e. The molecule has 0 atom stereocenters. The molecule has 3 aromatic heterocycles. The highest BCUT2D eigenvalue weighted by atomic mass is 19.1. The summed E-state index contributed by atoms with van der Waals surface area (Å²) in [6, 6.07) is 14.9. The predicted octanol–water partition coefficient (Wildman–Crippen LogP) is 5.18. The quantitative estimate of drug-likeness (QED) is 0.478. The summed E-state index contributed by atoms with van der Waals surface area (Å²) in [7, 11) is 0. The molecule has 6 heteroatoms. The van der Waals surface area contributed by atoms with E-state index >= 15 is 0 Å². The fourth-order valence-corrected chi connectivity index (χ4v) is 2.77. The Balaban J connectivity index is 1.56. The fraction of sp³-hybridized carbons (Fsp3) is 0.100. The zero-order valence-corrected chi connectivity index (χ0v) is 14.2. The van der Waals surface area contributed by atoms with Crippen LogP contribution >= 0.6 is 0 Å². The molecule has 0 fully saturated rings. The van der Waals surface area contributed by atoms with Gasteiger partial charge in [0, 0.05) is 18.6 Å². The molecule has 128 valence electrons. The Hall–Kier alpha value is -3.41. The number of aromatic nitrogens is 3. The third kappa shape index (κ3) is 3.35. The van der Waals surface area contributed by atoms with Crippen LogP contribution in [0, 0.1) is 12.7 Å². The van der Waals surface area contributed by atoms with Crippen molar-refractivity contribution in [2.45, 2.75) is 13.3 Å². The van der Waals surface area contributed by atoms with Crippen molar-refractivity contribution < 1.29 is 4.39 Å². The highest BCUT2D eigenvalue weighted by Gasteiger charge is 2.08. The summed E-state index contributed by atoms with van der Waals surface area (Å²) in [5.41, 5.74) is 4.47. The Labute approximate surface area is 149 Å². The van der Waals surface area contributed by atoms with Crippen molar-refractivity contribution in [3.63, 3.8) is 0 Å². The Kier molecular flexibility index (Phi) is 4.23. The molecule has 0 spiro atoms. The molecule has 0 amide bonds. The van der Waals surface area contributed by atoms with Gasteiger partial charge in [0.05, 0.1) is 11.4 Å². The third-order valence-corrected chi connectivity index (χ3v) is 4.08. The van der Waals surface area contributed by atoms with Gasteiger partial charge >= 0.3 is 0 Å². The van der Waals surface area contributed by atoms with E-state index in [1.54, 1.807) is 22.9 Å². The molecule has 1 aromatic carbocycles. The average molecular weight is 345 g/mol. The number of azo groups is 1. The summed E-state index contributed by atoms with van der Waals surface area (Å²) >= 11 is 0. The van der Waals surface area contributed by atoms with E-state index in [9.17, 15) is 4.39 Å². The minimum absolute atomic E-state index is 0.341. The molecular weight excluding hydrogens is 329 g/mol. The number of nitrogens with zero attached hydrogens (tertiary/aromatic N) is 5. The molecule has 26 heavy (non-hydrogen) atoms. The van der Waals surface area contributed by atoms with Gasteiger partial charge in [-0.2, -0.15) is 0 Å². The predicted molar refractivity (Wildman–Crippen MR) is 97.5 cm³/mol. The number of halogens is 1. The summed E-state index contributed by atoms with van der Waals surface area (Å²) in [6.45, 7) is 1.83. The number of hydrogen-bond acceptors (Lipinski definition) is 4. The Morgan fingerprint density at radius 3 is 2.42 bits per heavy atom. The second kappa shape index (κ2) is 6.84. The second-order valence-corrected chi connectivity index (χ2v) is 6.00. The molecule has 0 N–H and O–H groups in total. The first-order valence-corrected chi connectivity index (χ1v) is 8.23. The number of hydrogen-bond donors (Lipinski definition) is 0. The fourth-order valence-electron chi connectivity index (χ4n) is 2.77. The van der Waals surface area contributed by atoms with Gasteiger partial charge in [-0.25, -0.2) is 9.37 Å². The van der Waals surface area contributed by atoms with Gasteiger partial charge in [-0.1, -0.05) is 12.1 Å². The lowest BCUT2D eigenvalue weighted by Gasteiger charge is -2.02. The van der Waals surface area contributed by atoms with Crippen molar-refractivity contribution in [3.8, 4) is 0 Å². The molecule has 0 aliphatic carbocycles. The summed E-state index contributed by atoms with van der Waals surface area (Å²) < 4.78 is 15.1. The van der Waals surface area contributed by atoms with Gasteiger partial charge in [0.1, 0.15) is 11.5 Å². The van der Waals surface area contributed by atoms with Gasteiger partial charge in [0.25, 0.3) is 0 Å². The van der Waals surface area contributed by atoms with Crippen LogP contribution in [0.5, 0.6) is 0 Å². The maximum Gasteiger partial charge on any atom is 0.182 e. The molecule has 0 radical (unpaired) electrons. The lowest BCUT2D eigenvalue weighted by Crippen LogP contribution is -1.87. The minimum atomic E-state index is -0.341. The standard InChI is InChI=1S/C20H16FN5/c1-14-20(26-13-17(21)4-7-19(26)23-14)25-24-18-5-2-15(3-6-18)12-16-8-10-22-11-9-16/h2-11,13H,12H2,1H3. The first-order chi connectivity index (χ1) is 12.7. The molecule has 0 aliphatic rings. The van der Waals surface area contributed by atoms with Crippen LogP contribution in [0.4, 0.5) is 15.9 Å². The van der Waals surface area contributed by atoms with Gasteiger partial charge in [-0.3, -0.25) is 9.38 Å². The van der Waals surface area contributed by atoms with Gasteiger partial charge in [0.15, 0.2) is 5.82 Å². The monoisotopic (exact) mass is 345 g/mol. The Morgan fingerprint density at radius 1 is 0.923 bits per heavy atom. The van der Waals surface area contributed by atoms with E-state index in [0.29, 0.717) is 17.2 Å². The molecule has 0 bridgehead atoms. The molecule has 0 saturated carbocycles. The maximum absolute atomic E-state index is 13.5. The number of fused-ring (bicyclic) bond motifs is 1. The Morgan fingerprint density at radius 2 is 1.65 bits per heavy atom. The Bertz CT molecular complexity index is 1070. The van der Waals surface area contributed by atoms with Crippen LogP contribution in [0.1, 0.15) is 16.8 Å². The summed E-state index contributed by atoms with van der Waals surface area (Å²) in [4.78, 5) is 8.39. The van der Waals surface area contributed by atoms with Crippen molar-refractivity contribution in [2.24, 2.45) is 10.2 Å². The largest absolute Gasteiger partial charge is 0.280 e. The van der Waals surface area contributed by atoms with Gasteiger partial charge in [-0.05, 0) is 60.9 Å². The zero-order chi connectivity index (χ0) is 17.9. The lowest BCUT2D eigenvalue weighted by molar-refractivity contribution is 0.619. The molecular formula is C20H16FN5. The van der Waals surface area contributed by atoms with Crippen molar-refractivity contribution >= 4 is 17.2 Å². The van der Waals surface area contributed by atoms with Crippen LogP contribution in [-0.2, 0) is 6.42 Å². The van der Waals surface area contributed by atoms with Gasteiger partial charge in [0.2, 0.25) is 0 Å². The molecule has 4 aromatic rings. The van der Waals surface area contributed by atoms with E-state index < -0.39 is 0 Å². The van der Waals surface area contributed by atoms with Crippen LogP contribution in [0.3, 0.4) is 0 Å². The van der Waals surface area contributed by atoms with E-state index in [-0.39, 0.29) is 5.82 Å². The van der Waals surface area contributed by atoms with Crippen molar-refractivity contribution in [1.82, 2.24) is 14.4 Å². The van der Waals surface area contributed by atoms with Crippen LogP contribution in [0.15, 0.2) is 77.3 Å². The summed E-state index contributed by atoms with van der Waals surface area (Å²) in [5, 5.41) is 8.54. The SMILES string of the molecule is Cc1nc2ccc(F)cn2c1N=Nc1ccc(Cc2ccncc2)cc1. The number of aryl methyl sites for hydroxylation is 1. The normalized spacial score (nSPS) is 11.5. The van der Waals surface area contributed by atoms with Crippen LogP contribution in [0.25, 0.3) is 5.65 Å². The summed E-state index contributed by atoms with van der Waals surface area (Å²) in [5.74, 6) is 0.187. The van der Waals surface area contributed by atoms with E-state index in [4.69, 9.17) is 0 Å². The molecule has 5 nitrogen and oxygen atoms in total. The maximum atomic E-state index is 13.5. The smallest absolute Gasteiger partial charge is 0.182 e. The van der Waals surface area contributed by atoms with Crippen molar-refractivity contribution in [1.29, 1.82) is 0 Å². The number of benzene rings is 1.